The van der Waals surface area contributed by atoms with Crippen LogP contribution in [-0.4, -0.2) is 29.5 Å². The summed E-state index contributed by atoms with van der Waals surface area (Å²) < 4.78 is 6.18. The summed E-state index contributed by atoms with van der Waals surface area (Å²) in [6.45, 7) is 1.59. The molecule has 0 radical (unpaired) electrons. The summed E-state index contributed by atoms with van der Waals surface area (Å²) in [6, 6.07) is 24.5. The first kappa shape index (κ1) is 21.2. The van der Waals surface area contributed by atoms with Gasteiger partial charge in [-0.25, -0.2) is 4.79 Å². The molecule has 0 saturated carbocycles. The van der Waals surface area contributed by atoms with Crippen LogP contribution in [0.1, 0.15) is 35.6 Å². The fourth-order valence-electron chi connectivity index (χ4n) is 4.97. The molecule has 5 rings (SSSR count). The Morgan fingerprint density at radius 3 is 2.39 bits per heavy atom. The molecular formula is C27H27N3O3. The molecule has 0 aromatic heterocycles. The monoisotopic (exact) mass is 441 g/mol. The second kappa shape index (κ2) is 9.08. The van der Waals surface area contributed by atoms with Crippen LogP contribution in [0.25, 0.3) is 0 Å². The molecule has 0 aliphatic carbocycles. The van der Waals surface area contributed by atoms with E-state index < -0.39 is 12.1 Å². The van der Waals surface area contributed by atoms with Crippen molar-refractivity contribution in [2.45, 2.75) is 38.0 Å². The Balaban J connectivity index is 1.43. The Bertz CT molecular complexity index is 1160. The maximum atomic E-state index is 13.4. The third-order valence-electron chi connectivity index (χ3n) is 6.51. The van der Waals surface area contributed by atoms with Crippen LogP contribution in [0.4, 0.5) is 16.2 Å². The van der Waals surface area contributed by atoms with Crippen LogP contribution in [0.5, 0.6) is 0 Å². The van der Waals surface area contributed by atoms with Crippen LogP contribution in [0.3, 0.4) is 0 Å². The van der Waals surface area contributed by atoms with E-state index in [1.165, 1.54) is 10.5 Å². The number of esters is 1. The number of amides is 2. The summed E-state index contributed by atoms with van der Waals surface area (Å²) >= 11 is 0. The standard InChI is InChI=1S/C27H27N3O3/c28-27(32)30-22-13-6-4-11-20(22)17-25(21-12-5-7-14-23(21)30)33-26(31)24-15-8-16-29(24)18-19-9-2-1-3-10-19/h1-7,9-14,24-25H,8,15-18H2,(H2,28,32). The van der Waals surface area contributed by atoms with E-state index >= 15 is 0 Å². The summed E-state index contributed by atoms with van der Waals surface area (Å²) in [5, 5.41) is 0. The van der Waals surface area contributed by atoms with Crippen molar-refractivity contribution in [1.29, 1.82) is 0 Å². The molecule has 168 valence electrons. The number of carbonyl (C=O) groups is 2. The highest BCUT2D eigenvalue weighted by atomic mass is 16.5. The van der Waals surface area contributed by atoms with Crippen molar-refractivity contribution < 1.29 is 14.3 Å². The number of nitrogens with two attached hydrogens (primary N) is 1. The number of fused-ring (bicyclic) bond motifs is 2. The number of likely N-dealkylation sites (tertiary alicyclic amines) is 1. The van der Waals surface area contributed by atoms with Gasteiger partial charge in [0.1, 0.15) is 12.1 Å². The third-order valence-corrected chi connectivity index (χ3v) is 6.51. The van der Waals surface area contributed by atoms with E-state index in [4.69, 9.17) is 10.5 Å². The highest BCUT2D eigenvalue weighted by Crippen LogP contribution is 2.41. The zero-order valence-corrected chi connectivity index (χ0v) is 18.4. The molecule has 3 aromatic rings. The number of hydrogen-bond donors (Lipinski definition) is 1. The lowest BCUT2D eigenvalue weighted by atomic mass is 10.0. The predicted octanol–water partition coefficient (Wildman–Crippen LogP) is 4.71. The fourth-order valence-corrected chi connectivity index (χ4v) is 4.97. The summed E-state index contributed by atoms with van der Waals surface area (Å²) in [5.74, 6) is -0.215. The van der Waals surface area contributed by atoms with Crippen LogP contribution >= 0.6 is 0 Å². The van der Waals surface area contributed by atoms with E-state index in [-0.39, 0.29) is 12.0 Å². The van der Waals surface area contributed by atoms with Gasteiger partial charge in [-0.3, -0.25) is 14.6 Å². The van der Waals surface area contributed by atoms with Crippen molar-refractivity contribution in [3.63, 3.8) is 0 Å². The average Bonchev–Trinajstić information content (AvgIpc) is 3.23. The Morgan fingerprint density at radius 2 is 1.61 bits per heavy atom. The summed E-state index contributed by atoms with van der Waals surface area (Å²) in [6.07, 6.45) is 1.72. The summed E-state index contributed by atoms with van der Waals surface area (Å²) in [5.41, 5.74) is 10.0. The van der Waals surface area contributed by atoms with Crippen molar-refractivity contribution in [1.82, 2.24) is 4.90 Å². The van der Waals surface area contributed by atoms with Gasteiger partial charge >= 0.3 is 12.0 Å². The number of benzene rings is 3. The molecule has 6 heteroatoms. The van der Waals surface area contributed by atoms with Gasteiger partial charge in [-0.15, -0.1) is 0 Å². The Hall–Kier alpha value is -3.64. The molecule has 2 amide bonds. The van der Waals surface area contributed by atoms with Gasteiger partial charge in [0, 0.05) is 18.5 Å². The molecule has 2 unspecified atom stereocenters. The van der Waals surface area contributed by atoms with Crippen LogP contribution in [0, 0.1) is 0 Å². The Kier molecular flexibility index (Phi) is 5.84. The quantitative estimate of drug-likeness (QED) is 0.595. The molecule has 2 heterocycles. The molecule has 2 aliphatic heterocycles. The molecule has 33 heavy (non-hydrogen) atoms. The molecule has 3 aromatic carbocycles. The van der Waals surface area contributed by atoms with Gasteiger partial charge in [-0.05, 0) is 42.6 Å². The lowest BCUT2D eigenvalue weighted by molar-refractivity contribution is -0.155. The van der Waals surface area contributed by atoms with Crippen molar-refractivity contribution in [2.24, 2.45) is 5.73 Å². The molecule has 1 fully saturated rings. The smallest absolute Gasteiger partial charge is 0.323 e. The van der Waals surface area contributed by atoms with Gasteiger partial charge in [0.2, 0.25) is 0 Å². The van der Waals surface area contributed by atoms with E-state index in [1.807, 2.05) is 66.7 Å². The Morgan fingerprint density at radius 1 is 0.909 bits per heavy atom. The first-order valence-corrected chi connectivity index (χ1v) is 11.4. The van der Waals surface area contributed by atoms with Gasteiger partial charge < -0.3 is 10.5 Å². The zero-order chi connectivity index (χ0) is 22.8. The first-order chi connectivity index (χ1) is 16.1. The minimum absolute atomic E-state index is 0.215. The van der Waals surface area contributed by atoms with Gasteiger partial charge in [-0.2, -0.15) is 0 Å². The minimum Gasteiger partial charge on any atom is -0.456 e. The second-order valence-corrected chi connectivity index (χ2v) is 8.60. The van der Waals surface area contributed by atoms with E-state index in [0.717, 1.165) is 42.7 Å². The molecule has 6 nitrogen and oxygen atoms in total. The van der Waals surface area contributed by atoms with Crippen LogP contribution < -0.4 is 10.6 Å². The minimum atomic E-state index is -0.563. The highest BCUT2D eigenvalue weighted by Gasteiger charge is 2.36. The molecule has 0 bridgehead atoms. The molecule has 1 saturated heterocycles. The largest absolute Gasteiger partial charge is 0.456 e. The SMILES string of the molecule is NC(=O)N1c2ccccc2CC(OC(=O)C2CCCN2Cc2ccccc2)c2ccccc21. The number of ether oxygens (including phenoxy) is 1. The van der Waals surface area contributed by atoms with E-state index in [0.29, 0.717) is 12.1 Å². The molecule has 2 aliphatic rings. The summed E-state index contributed by atoms with van der Waals surface area (Å²) in [7, 11) is 0. The van der Waals surface area contributed by atoms with Gasteiger partial charge in [0.05, 0.1) is 11.4 Å². The van der Waals surface area contributed by atoms with E-state index in [9.17, 15) is 9.59 Å². The molecule has 2 atom stereocenters. The normalized spacial score (nSPS) is 19.9. The van der Waals surface area contributed by atoms with E-state index in [2.05, 4.69) is 17.0 Å². The Labute approximate surface area is 193 Å². The van der Waals surface area contributed by atoms with Crippen LogP contribution in [0.2, 0.25) is 0 Å². The van der Waals surface area contributed by atoms with Gasteiger partial charge in [0.15, 0.2) is 0 Å². The lowest BCUT2D eigenvalue weighted by Crippen LogP contribution is -2.37. The van der Waals surface area contributed by atoms with Crippen LogP contribution in [0.15, 0.2) is 78.9 Å². The zero-order valence-electron chi connectivity index (χ0n) is 18.4. The van der Waals surface area contributed by atoms with Gasteiger partial charge in [0.25, 0.3) is 0 Å². The second-order valence-electron chi connectivity index (χ2n) is 8.60. The topological polar surface area (TPSA) is 75.9 Å². The number of rotatable bonds is 4. The molecule has 0 spiro atoms. The number of anilines is 2. The highest BCUT2D eigenvalue weighted by molar-refractivity contribution is 6.00. The van der Waals surface area contributed by atoms with E-state index in [1.54, 1.807) is 0 Å². The summed E-state index contributed by atoms with van der Waals surface area (Å²) in [4.78, 5) is 29.5. The maximum absolute atomic E-state index is 13.4. The maximum Gasteiger partial charge on any atom is 0.323 e. The fraction of sp³-hybridized carbons (Fsp3) is 0.259. The first-order valence-electron chi connectivity index (χ1n) is 11.4. The number of nitrogens with zero attached hydrogens (tertiary/aromatic N) is 2. The predicted molar refractivity (Wildman–Crippen MR) is 127 cm³/mol. The third kappa shape index (κ3) is 4.22. The van der Waals surface area contributed by atoms with Crippen molar-refractivity contribution in [2.75, 3.05) is 11.4 Å². The number of urea groups is 1. The number of primary amides is 1. The van der Waals surface area contributed by atoms with Crippen molar-refractivity contribution in [3.05, 3.63) is 95.6 Å². The van der Waals surface area contributed by atoms with Gasteiger partial charge in [-0.1, -0.05) is 66.7 Å². The number of para-hydroxylation sites is 2. The van der Waals surface area contributed by atoms with Crippen molar-refractivity contribution >= 4 is 23.4 Å². The molecular weight excluding hydrogens is 414 g/mol. The average molecular weight is 442 g/mol. The van der Waals surface area contributed by atoms with Crippen LogP contribution in [-0.2, 0) is 22.5 Å². The number of hydrogen-bond acceptors (Lipinski definition) is 4. The lowest BCUT2D eigenvalue weighted by Gasteiger charge is -2.26. The number of carbonyl (C=O) groups excluding carboxylic acids is 2. The van der Waals surface area contributed by atoms with Crippen molar-refractivity contribution in [3.8, 4) is 0 Å². The molecule has 2 N–H and O–H groups in total.